The molecule has 0 aromatic carbocycles. The van der Waals surface area contributed by atoms with Gasteiger partial charge in [-0.1, -0.05) is 11.8 Å². The van der Waals surface area contributed by atoms with E-state index in [1.807, 2.05) is 5.38 Å². The fourth-order valence-electron chi connectivity index (χ4n) is 2.85. The third-order valence-corrected chi connectivity index (χ3v) is 7.41. The summed E-state index contributed by atoms with van der Waals surface area (Å²) in [6.45, 7) is -0.0866. The first-order chi connectivity index (χ1) is 10.6. The van der Waals surface area contributed by atoms with Crippen molar-refractivity contribution in [1.29, 1.82) is 0 Å². The van der Waals surface area contributed by atoms with Crippen LogP contribution < -0.4 is 5.09 Å². The molecular formula is C12H17BrN3O3PS2. The average molecular weight is 426 g/mol. The molecule has 2 aliphatic rings. The van der Waals surface area contributed by atoms with Crippen molar-refractivity contribution in [2.24, 2.45) is 10.9 Å². The van der Waals surface area contributed by atoms with Gasteiger partial charge in [-0.15, -0.1) is 11.3 Å². The van der Waals surface area contributed by atoms with Gasteiger partial charge in [0.2, 0.25) is 0 Å². The van der Waals surface area contributed by atoms with Crippen LogP contribution in [0.2, 0.25) is 0 Å². The van der Waals surface area contributed by atoms with Crippen LogP contribution >= 0.6 is 48.4 Å². The first-order valence-electron chi connectivity index (χ1n) is 6.74. The number of aromatic nitrogens is 1. The van der Waals surface area contributed by atoms with Crippen LogP contribution in [0.4, 0.5) is 0 Å². The Morgan fingerprint density at radius 3 is 2.86 bits per heavy atom. The lowest BCUT2D eigenvalue weighted by molar-refractivity contribution is -0.170. The Kier molecular flexibility index (Phi) is 5.14. The highest BCUT2D eigenvalue weighted by molar-refractivity contribution is 9.10. The van der Waals surface area contributed by atoms with Crippen LogP contribution in [0.1, 0.15) is 11.4 Å². The number of hydrogen-bond donors (Lipinski definition) is 3. The third kappa shape index (κ3) is 2.85. The zero-order chi connectivity index (χ0) is 15.8. The number of aliphatic hydroxyl groups excluding tert-OH is 2. The molecule has 6 nitrogen and oxygen atoms in total. The highest BCUT2D eigenvalue weighted by Crippen LogP contribution is 2.49. The molecule has 0 amide bonds. The number of rotatable bonds is 3. The van der Waals surface area contributed by atoms with Gasteiger partial charge in [-0.05, 0) is 31.7 Å². The SMILES string of the molecule is OCC1(CO)CC2CSC(NP)=NC2(c2nc(Br)cs2)CO1. The van der Waals surface area contributed by atoms with Gasteiger partial charge in [0.1, 0.15) is 20.8 Å². The summed E-state index contributed by atoms with van der Waals surface area (Å²) >= 11 is 6.58. The summed E-state index contributed by atoms with van der Waals surface area (Å²) in [5.41, 5.74) is -1.45. The van der Waals surface area contributed by atoms with Crippen molar-refractivity contribution in [2.75, 3.05) is 25.6 Å². The molecule has 1 fully saturated rings. The summed E-state index contributed by atoms with van der Waals surface area (Å²) in [6.07, 6.45) is 0.553. The van der Waals surface area contributed by atoms with Crippen molar-refractivity contribution in [3.63, 3.8) is 0 Å². The van der Waals surface area contributed by atoms with Gasteiger partial charge in [-0.25, -0.2) is 9.98 Å². The Balaban J connectivity index is 2.02. The minimum absolute atomic E-state index is 0.144. The molecule has 3 atom stereocenters. The van der Waals surface area contributed by atoms with E-state index in [4.69, 9.17) is 9.73 Å². The zero-order valence-electron chi connectivity index (χ0n) is 11.7. The number of fused-ring (bicyclic) bond motifs is 1. The Labute approximate surface area is 147 Å². The topological polar surface area (TPSA) is 87.0 Å². The maximum Gasteiger partial charge on any atom is 0.160 e. The third-order valence-electron chi connectivity index (χ3n) is 4.16. The molecule has 10 heteroatoms. The van der Waals surface area contributed by atoms with Gasteiger partial charge in [0.05, 0.1) is 19.8 Å². The number of nitrogens with one attached hydrogen (secondary N) is 1. The lowest BCUT2D eigenvalue weighted by Crippen LogP contribution is -2.57. The molecule has 3 rings (SSSR count). The molecule has 2 aliphatic heterocycles. The Hall–Kier alpha value is 0.240. The predicted molar refractivity (Wildman–Crippen MR) is 95.2 cm³/mol. The largest absolute Gasteiger partial charge is 0.393 e. The molecule has 122 valence electrons. The molecule has 0 radical (unpaired) electrons. The summed E-state index contributed by atoms with van der Waals surface area (Å²) < 4.78 is 6.68. The van der Waals surface area contributed by atoms with E-state index in [1.54, 1.807) is 23.1 Å². The number of thiazole rings is 1. The smallest absolute Gasteiger partial charge is 0.160 e. The van der Waals surface area contributed by atoms with E-state index in [9.17, 15) is 10.2 Å². The van der Waals surface area contributed by atoms with E-state index >= 15 is 0 Å². The molecule has 3 N–H and O–H groups in total. The number of aliphatic hydroxyl groups is 2. The monoisotopic (exact) mass is 425 g/mol. The standard InChI is InChI=1S/C12H17BrN3O3PS2/c13-8-3-21-9(14-8)12-6-19-11(4-17,5-18)1-7(12)2-22-10(15-12)16-20/h3,7,17-18H,1-2,4-6,20H2,(H,15,16). The predicted octanol–water partition coefficient (Wildman–Crippen LogP) is 1.34. The van der Waals surface area contributed by atoms with Gasteiger partial charge in [0.25, 0.3) is 0 Å². The second-order valence-corrected chi connectivity index (χ2v) is 8.43. The quantitative estimate of drug-likeness (QED) is 0.633. The van der Waals surface area contributed by atoms with Gasteiger partial charge in [-0.2, -0.15) is 0 Å². The highest BCUT2D eigenvalue weighted by atomic mass is 79.9. The van der Waals surface area contributed by atoms with Crippen LogP contribution in [0.5, 0.6) is 0 Å². The second kappa shape index (κ2) is 6.63. The van der Waals surface area contributed by atoms with Gasteiger partial charge >= 0.3 is 0 Å². The minimum atomic E-state index is -0.884. The molecule has 22 heavy (non-hydrogen) atoms. The van der Waals surface area contributed by atoms with Gasteiger partial charge in [-0.3, -0.25) is 0 Å². The van der Waals surface area contributed by atoms with Crippen molar-refractivity contribution in [2.45, 2.75) is 17.6 Å². The Morgan fingerprint density at radius 1 is 1.50 bits per heavy atom. The average Bonchev–Trinajstić information content (AvgIpc) is 3.00. The van der Waals surface area contributed by atoms with Crippen LogP contribution in [0, 0.1) is 5.92 Å². The van der Waals surface area contributed by atoms with E-state index in [0.717, 1.165) is 20.5 Å². The van der Waals surface area contributed by atoms with Crippen LogP contribution in [-0.2, 0) is 10.3 Å². The van der Waals surface area contributed by atoms with E-state index in [-0.39, 0.29) is 19.1 Å². The number of thioether (sulfide) groups is 1. The van der Waals surface area contributed by atoms with E-state index < -0.39 is 11.1 Å². The lowest BCUT2D eigenvalue weighted by atomic mass is 9.76. The van der Waals surface area contributed by atoms with Crippen molar-refractivity contribution < 1.29 is 14.9 Å². The van der Waals surface area contributed by atoms with Crippen LogP contribution in [0.15, 0.2) is 15.0 Å². The van der Waals surface area contributed by atoms with Gasteiger partial charge in [0, 0.05) is 17.1 Å². The first kappa shape index (κ1) is 17.1. The van der Waals surface area contributed by atoms with Gasteiger partial charge < -0.3 is 20.0 Å². The summed E-state index contributed by atoms with van der Waals surface area (Å²) in [4.78, 5) is 9.41. The summed E-state index contributed by atoms with van der Waals surface area (Å²) in [5, 5.41) is 25.9. The fraction of sp³-hybridized carbons (Fsp3) is 0.667. The highest BCUT2D eigenvalue weighted by Gasteiger charge is 2.54. The van der Waals surface area contributed by atoms with Crippen LogP contribution in [-0.4, -0.2) is 51.5 Å². The molecular weight excluding hydrogens is 409 g/mol. The number of halogens is 1. The summed E-state index contributed by atoms with van der Waals surface area (Å²) in [5.74, 6) is 0.980. The number of amidine groups is 1. The van der Waals surface area contributed by atoms with Crippen LogP contribution in [0.25, 0.3) is 0 Å². The lowest BCUT2D eigenvalue weighted by Gasteiger charge is -2.49. The van der Waals surface area contributed by atoms with Crippen molar-refractivity contribution in [3.8, 4) is 0 Å². The Morgan fingerprint density at radius 2 is 2.27 bits per heavy atom. The van der Waals surface area contributed by atoms with Gasteiger partial charge in [0.15, 0.2) is 5.17 Å². The van der Waals surface area contributed by atoms with Crippen molar-refractivity contribution >= 4 is 53.6 Å². The second-order valence-electron chi connectivity index (χ2n) is 5.46. The molecule has 3 unspecified atom stereocenters. The van der Waals surface area contributed by atoms with Crippen LogP contribution in [0.3, 0.4) is 0 Å². The molecule has 1 aromatic heterocycles. The number of aliphatic imine (C=N–C) groups is 1. The molecule has 3 heterocycles. The number of nitrogens with zero attached hydrogens (tertiary/aromatic N) is 2. The van der Waals surface area contributed by atoms with Crippen molar-refractivity contribution in [3.05, 3.63) is 15.0 Å². The van der Waals surface area contributed by atoms with Crippen molar-refractivity contribution in [1.82, 2.24) is 10.1 Å². The van der Waals surface area contributed by atoms with E-state index in [1.165, 1.54) is 0 Å². The molecule has 0 spiro atoms. The molecule has 0 aliphatic carbocycles. The van der Waals surface area contributed by atoms with E-state index in [2.05, 4.69) is 35.4 Å². The fourth-order valence-corrected chi connectivity index (χ4v) is 5.69. The number of hydrogen-bond acceptors (Lipinski definition) is 8. The summed E-state index contributed by atoms with van der Waals surface area (Å²) in [6, 6.07) is 0. The van der Waals surface area contributed by atoms with E-state index in [0.29, 0.717) is 13.0 Å². The number of ether oxygens (including phenoxy) is 1. The normalized spacial score (nSPS) is 30.5. The molecule has 1 aromatic rings. The zero-order valence-corrected chi connectivity index (χ0v) is 16.0. The maximum absolute atomic E-state index is 9.62. The minimum Gasteiger partial charge on any atom is -0.393 e. The summed E-state index contributed by atoms with van der Waals surface area (Å²) in [7, 11) is 2.47. The Bertz CT molecular complexity index is 584. The molecule has 0 saturated carbocycles. The molecule has 0 bridgehead atoms. The maximum atomic E-state index is 9.62. The molecule has 1 saturated heterocycles. The first-order valence-corrected chi connectivity index (χ1v) is 9.97.